The van der Waals surface area contributed by atoms with Gasteiger partial charge in [-0.3, -0.25) is 0 Å². The number of nitrogens with one attached hydrogen (secondary N) is 1. The Hall–Kier alpha value is -1.17. The molecule has 0 heterocycles. The van der Waals surface area contributed by atoms with Gasteiger partial charge >= 0.3 is 6.36 Å². The summed E-state index contributed by atoms with van der Waals surface area (Å²) < 4.78 is 52.9. The van der Waals surface area contributed by atoms with Gasteiger partial charge in [-0.05, 0) is 36.1 Å². The molecule has 17 heavy (non-hydrogen) atoms. The monoisotopic (exact) mass is 243 g/mol. The van der Waals surface area contributed by atoms with Crippen LogP contribution < -0.4 is 10.1 Å². The quantitative estimate of drug-likeness (QED) is 0.639. The lowest BCUT2D eigenvalue weighted by Gasteiger charge is -2.27. The van der Waals surface area contributed by atoms with Crippen molar-refractivity contribution in [1.29, 1.82) is 0 Å². The van der Waals surface area contributed by atoms with Crippen molar-refractivity contribution in [2.24, 2.45) is 0 Å². The molecule has 0 aromatic heterocycles. The SMILES string of the molecule is [B]C([B])(NC)c1cc(OC(F)(F)F)ccc1F. The predicted molar refractivity (Wildman–Crippen MR) is 55.3 cm³/mol. The first-order valence-electron chi connectivity index (χ1n) is 4.48. The summed E-state index contributed by atoms with van der Waals surface area (Å²) in [5.74, 6) is -1.43. The van der Waals surface area contributed by atoms with Gasteiger partial charge in [-0.1, -0.05) is 0 Å². The van der Waals surface area contributed by atoms with E-state index in [9.17, 15) is 17.6 Å². The zero-order chi connectivity index (χ0) is 13.3. The summed E-state index contributed by atoms with van der Waals surface area (Å²) in [7, 11) is 12.3. The van der Waals surface area contributed by atoms with Crippen molar-refractivity contribution in [2.45, 2.75) is 11.7 Å². The van der Waals surface area contributed by atoms with Crippen molar-refractivity contribution >= 4 is 15.7 Å². The lowest BCUT2D eigenvalue weighted by molar-refractivity contribution is -0.274. The average molecular weight is 243 g/mol. The predicted octanol–water partition coefficient (Wildman–Crippen LogP) is 1.39. The van der Waals surface area contributed by atoms with Crippen molar-refractivity contribution in [2.75, 3.05) is 7.05 Å². The topological polar surface area (TPSA) is 21.3 Å². The third-order valence-electron chi connectivity index (χ3n) is 2.03. The third-order valence-corrected chi connectivity index (χ3v) is 2.03. The number of hydrogen-bond donors (Lipinski definition) is 1. The summed E-state index contributed by atoms with van der Waals surface area (Å²) in [5.41, 5.74) is -0.332. The molecule has 0 aliphatic carbocycles. The van der Waals surface area contributed by atoms with Gasteiger partial charge in [0.2, 0.25) is 0 Å². The Kier molecular flexibility index (Phi) is 3.76. The molecule has 0 saturated heterocycles. The molecular formula is C9H7B2F4NO. The molecule has 1 N–H and O–H groups in total. The molecule has 0 saturated carbocycles. The second kappa shape index (κ2) is 4.60. The van der Waals surface area contributed by atoms with Crippen molar-refractivity contribution in [1.82, 2.24) is 5.32 Å². The zero-order valence-corrected chi connectivity index (χ0v) is 8.81. The van der Waals surface area contributed by atoms with E-state index in [1.165, 1.54) is 7.05 Å². The summed E-state index contributed by atoms with van der Waals surface area (Å²) in [5, 5.41) is 0.585. The highest BCUT2D eigenvalue weighted by Gasteiger charge is 2.32. The van der Waals surface area contributed by atoms with E-state index in [1.807, 2.05) is 0 Å². The van der Waals surface area contributed by atoms with Crippen molar-refractivity contribution in [3.8, 4) is 5.75 Å². The van der Waals surface area contributed by atoms with Gasteiger partial charge in [-0.25, -0.2) is 4.39 Å². The largest absolute Gasteiger partial charge is 0.573 e. The highest BCUT2D eigenvalue weighted by atomic mass is 19.4. The van der Waals surface area contributed by atoms with Crippen LogP contribution >= 0.6 is 0 Å². The van der Waals surface area contributed by atoms with Crippen molar-refractivity contribution in [3.63, 3.8) is 0 Å². The Balaban J connectivity index is 3.11. The van der Waals surface area contributed by atoms with E-state index >= 15 is 0 Å². The fourth-order valence-electron chi connectivity index (χ4n) is 1.15. The van der Waals surface area contributed by atoms with Gasteiger partial charge in [0.15, 0.2) is 0 Å². The normalized spacial score (nSPS) is 12.5. The number of benzene rings is 1. The molecule has 0 aliphatic rings. The van der Waals surface area contributed by atoms with Crippen LogP contribution in [0.5, 0.6) is 5.75 Å². The summed E-state index contributed by atoms with van der Waals surface area (Å²) in [6.45, 7) is 0. The second-order valence-electron chi connectivity index (χ2n) is 3.31. The van der Waals surface area contributed by atoms with Gasteiger partial charge in [-0.2, -0.15) is 0 Å². The molecule has 1 aromatic rings. The molecule has 88 valence electrons. The van der Waals surface area contributed by atoms with Gasteiger partial charge in [0, 0.05) is 0 Å². The highest BCUT2D eigenvalue weighted by Crippen LogP contribution is 2.27. The number of ether oxygens (including phenoxy) is 1. The van der Waals surface area contributed by atoms with E-state index in [4.69, 9.17) is 15.7 Å². The summed E-state index contributed by atoms with van der Waals surface area (Å²) in [6, 6.07) is 2.42. The summed E-state index contributed by atoms with van der Waals surface area (Å²) in [6.07, 6.45) is -4.86. The number of hydrogen-bond acceptors (Lipinski definition) is 2. The number of alkyl halides is 3. The molecule has 1 aromatic carbocycles. The summed E-state index contributed by atoms with van der Waals surface area (Å²) >= 11 is 0. The molecular weight excluding hydrogens is 236 g/mol. The van der Waals surface area contributed by atoms with Gasteiger partial charge in [-0.15, -0.1) is 13.2 Å². The smallest absolute Gasteiger partial charge is 0.406 e. The molecule has 8 heteroatoms. The maximum Gasteiger partial charge on any atom is 0.573 e. The Morgan fingerprint density at radius 3 is 2.29 bits per heavy atom. The second-order valence-corrected chi connectivity index (χ2v) is 3.31. The number of halogens is 4. The van der Waals surface area contributed by atoms with E-state index < -0.39 is 23.3 Å². The summed E-state index contributed by atoms with van der Waals surface area (Å²) in [4.78, 5) is 0. The molecule has 4 radical (unpaired) electrons. The lowest BCUT2D eigenvalue weighted by Crippen LogP contribution is -2.41. The molecule has 0 atom stereocenters. The van der Waals surface area contributed by atoms with Gasteiger partial charge in [0.1, 0.15) is 11.6 Å². The average Bonchev–Trinajstić information content (AvgIpc) is 2.18. The number of rotatable bonds is 3. The van der Waals surface area contributed by atoms with E-state index in [0.717, 1.165) is 18.2 Å². The maximum absolute atomic E-state index is 13.3. The molecule has 1 rings (SSSR count). The standard InChI is InChI=1S/C9H7B2F4NO/c1-16-8(10,11)6-4-5(2-3-7(6)12)17-9(13,14)15/h2-4,16H,1H3. The van der Waals surface area contributed by atoms with Crippen LogP contribution in [0, 0.1) is 5.82 Å². The van der Waals surface area contributed by atoms with E-state index in [1.54, 1.807) is 0 Å². The minimum Gasteiger partial charge on any atom is -0.406 e. The Morgan fingerprint density at radius 1 is 1.24 bits per heavy atom. The maximum atomic E-state index is 13.3. The molecule has 0 aliphatic heterocycles. The van der Waals surface area contributed by atoms with Crippen LogP contribution in [0.3, 0.4) is 0 Å². The van der Waals surface area contributed by atoms with Crippen LogP contribution in [0.25, 0.3) is 0 Å². The van der Waals surface area contributed by atoms with Crippen molar-refractivity contribution in [3.05, 3.63) is 29.6 Å². The third kappa shape index (κ3) is 3.66. The van der Waals surface area contributed by atoms with Gasteiger partial charge in [0.25, 0.3) is 0 Å². The Labute approximate surface area is 98.2 Å². The zero-order valence-electron chi connectivity index (χ0n) is 8.81. The van der Waals surface area contributed by atoms with E-state index in [2.05, 4.69) is 10.1 Å². The van der Waals surface area contributed by atoms with E-state index in [-0.39, 0.29) is 5.56 Å². The molecule has 0 spiro atoms. The molecule has 2 nitrogen and oxygen atoms in total. The van der Waals surface area contributed by atoms with Crippen LogP contribution in [-0.2, 0) is 5.34 Å². The van der Waals surface area contributed by atoms with Crippen LogP contribution in [-0.4, -0.2) is 29.1 Å². The molecule has 0 amide bonds. The van der Waals surface area contributed by atoms with Crippen molar-refractivity contribution < 1.29 is 22.3 Å². The molecule has 0 bridgehead atoms. The Bertz CT molecular complexity index is 408. The fraction of sp³-hybridized carbons (Fsp3) is 0.333. The fourth-order valence-corrected chi connectivity index (χ4v) is 1.15. The van der Waals surface area contributed by atoms with Crippen LogP contribution in [0.15, 0.2) is 18.2 Å². The molecule has 0 unspecified atom stereocenters. The Morgan fingerprint density at radius 2 is 1.82 bits per heavy atom. The van der Waals surface area contributed by atoms with Crippen LogP contribution in [0.2, 0.25) is 0 Å². The van der Waals surface area contributed by atoms with Gasteiger partial charge in [0.05, 0.1) is 15.7 Å². The first-order valence-corrected chi connectivity index (χ1v) is 4.48. The minimum atomic E-state index is -4.86. The van der Waals surface area contributed by atoms with Crippen LogP contribution in [0.1, 0.15) is 5.56 Å². The first-order chi connectivity index (χ1) is 7.65. The lowest BCUT2D eigenvalue weighted by atomic mass is 9.58. The minimum absolute atomic E-state index is 0.332. The molecule has 0 fully saturated rings. The first kappa shape index (κ1) is 13.9. The van der Waals surface area contributed by atoms with E-state index in [0.29, 0.717) is 0 Å². The van der Waals surface area contributed by atoms with Gasteiger partial charge < -0.3 is 10.1 Å². The highest BCUT2D eigenvalue weighted by molar-refractivity contribution is 6.39. The van der Waals surface area contributed by atoms with Crippen LogP contribution in [0.4, 0.5) is 17.6 Å².